The fraction of sp³-hybridized carbons (Fsp3) is 1.00. The van der Waals surface area contributed by atoms with Crippen LogP contribution in [0.2, 0.25) is 0 Å². The number of rotatable bonds is 2. The van der Waals surface area contributed by atoms with Crippen LogP contribution in [-0.4, -0.2) is 22.9 Å². The van der Waals surface area contributed by atoms with Crippen molar-refractivity contribution in [1.29, 1.82) is 0 Å². The van der Waals surface area contributed by atoms with Crippen LogP contribution >= 0.6 is 0 Å². The second-order valence-electron chi connectivity index (χ2n) is 6.78. The van der Waals surface area contributed by atoms with E-state index in [0.717, 1.165) is 19.4 Å². The lowest BCUT2D eigenvalue weighted by atomic mass is 9.65. The van der Waals surface area contributed by atoms with E-state index in [0.29, 0.717) is 5.92 Å². The predicted molar refractivity (Wildman–Crippen MR) is 63.2 cm³/mol. The first-order chi connectivity index (χ1) is 7.48. The Morgan fingerprint density at radius 2 is 1.94 bits per heavy atom. The molecule has 0 aromatic heterocycles. The normalized spacial score (nSPS) is 38.8. The van der Waals surface area contributed by atoms with E-state index in [1.165, 1.54) is 32.1 Å². The minimum absolute atomic E-state index is 0.165. The first-order valence-electron chi connectivity index (χ1n) is 6.84. The maximum Gasteiger partial charge on any atom is 0.0702 e. The van der Waals surface area contributed by atoms with Crippen LogP contribution in [0, 0.1) is 11.3 Å². The summed E-state index contributed by atoms with van der Waals surface area (Å²) in [6.07, 6.45) is 8.29. The Kier molecular flexibility index (Phi) is 2.23. The highest BCUT2D eigenvalue weighted by atomic mass is 16.5. The molecule has 0 radical (unpaired) electrons. The predicted octanol–water partition coefficient (Wildman–Crippen LogP) is 2.89. The van der Waals surface area contributed by atoms with Gasteiger partial charge in [0.25, 0.3) is 0 Å². The number of ether oxygens (including phenoxy) is 1. The second kappa shape index (κ2) is 3.23. The highest BCUT2D eigenvalue weighted by Gasteiger charge is 2.58. The third-order valence-corrected chi connectivity index (χ3v) is 5.77. The van der Waals surface area contributed by atoms with Crippen molar-refractivity contribution in [2.75, 3.05) is 6.61 Å². The summed E-state index contributed by atoms with van der Waals surface area (Å²) in [5, 5.41) is 10.8. The summed E-state index contributed by atoms with van der Waals surface area (Å²) in [4.78, 5) is 0. The van der Waals surface area contributed by atoms with Crippen LogP contribution in [-0.2, 0) is 4.74 Å². The van der Waals surface area contributed by atoms with Gasteiger partial charge in [-0.05, 0) is 63.2 Å². The van der Waals surface area contributed by atoms with Crippen molar-refractivity contribution in [2.24, 2.45) is 11.3 Å². The van der Waals surface area contributed by atoms with Gasteiger partial charge in [-0.2, -0.15) is 0 Å². The topological polar surface area (TPSA) is 29.5 Å². The van der Waals surface area contributed by atoms with Gasteiger partial charge in [0, 0.05) is 6.61 Å². The average molecular weight is 224 g/mol. The molecule has 1 N–H and O–H groups in total. The lowest BCUT2D eigenvalue weighted by molar-refractivity contribution is -0.184. The molecule has 0 bridgehead atoms. The van der Waals surface area contributed by atoms with Crippen molar-refractivity contribution in [3.05, 3.63) is 0 Å². The van der Waals surface area contributed by atoms with Crippen LogP contribution in [0.5, 0.6) is 0 Å². The Bertz CT molecular complexity index is 287. The van der Waals surface area contributed by atoms with Crippen LogP contribution < -0.4 is 0 Å². The van der Waals surface area contributed by atoms with Crippen molar-refractivity contribution in [1.82, 2.24) is 0 Å². The highest BCUT2D eigenvalue weighted by molar-refractivity contribution is 5.09. The Morgan fingerprint density at radius 3 is 2.44 bits per heavy atom. The average Bonchev–Trinajstić information content (AvgIpc) is 2.96. The molecule has 2 atom stereocenters. The molecule has 3 rings (SSSR count). The van der Waals surface area contributed by atoms with E-state index < -0.39 is 5.60 Å². The molecule has 0 aromatic rings. The van der Waals surface area contributed by atoms with Crippen molar-refractivity contribution < 1.29 is 9.84 Å². The first kappa shape index (κ1) is 11.0. The summed E-state index contributed by atoms with van der Waals surface area (Å²) in [5.41, 5.74) is -0.114. The summed E-state index contributed by atoms with van der Waals surface area (Å²) >= 11 is 0. The molecule has 3 aliphatic rings. The van der Waals surface area contributed by atoms with Crippen molar-refractivity contribution in [2.45, 2.75) is 70.0 Å². The fourth-order valence-corrected chi connectivity index (χ4v) is 3.61. The van der Waals surface area contributed by atoms with Gasteiger partial charge in [-0.15, -0.1) is 0 Å². The molecule has 16 heavy (non-hydrogen) atoms. The minimum Gasteiger partial charge on any atom is -0.389 e. The van der Waals surface area contributed by atoms with Gasteiger partial charge in [0.05, 0.1) is 11.2 Å². The molecule has 1 heterocycles. The smallest absolute Gasteiger partial charge is 0.0702 e. The van der Waals surface area contributed by atoms with Gasteiger partial charge < -0.3 is 9.84 Å². The zero-order valence-corrected chi connectivity index (χ0v) is 10.6. The summed E-state index contributed by atoms with van der Waals surface area (Å²) in [6, 6.07) is 0. The third kappa shape index (κ3) is 1.46. The molecule has 2 aliphatic carbocycles. The van der Waals surface area contributed by atoms with Crippen molar-refractivity contribution in [3.8, 4) is 0 Å². The molecule has 1 aliphatic heterocycles. The largest absolute Gasteiger partial charge is 0.389 e. The van der Waals surface area contributed by atoms with Gasteiger partial charge >= 0.3 is 0 Å². The van der Waals surface area contributed by atoms with Crippen LogP contribution in [0.15, 0.2) is 0 Å². The van der Waals surface area contributed by atoms with E-state index >= 15 is 0 Å². The van der Waals surface area contributed by atoms with E-state index in [2.05, 4.69) is 13.8 Å². The molecule has 1 saturated heterocycles. The van der Waals surface area contributed by atoms with Crippen molar-refractivity contribution in [3.63, 3.8) is 0 Å². The quantitative estimate of drug-likeness (QED) is 0.781. The molecule has 2 saturated carbocycles. The van der Waals surface area contributed by atoms with Gasteiger partial charge in [-0.25, -0.2) is 0 Å². The van der Waals surface area contributed by atoms with Gasteiger partial charge in [0.2, 0.25) is 0 Å². The summed E-state index contributed by atoms with van der Waals surface area (Å²) < 4.78 is 5.95. The maximum absolute atomic E-state index is 10.8. The molecule has 2 heteroatoms. The lowest BCUT2D eigenvalue weighted by Gasteiger charge is -2.51. The molecule has 0 aromatic carbocycles. The molecule has 92 valence electrons. The standard InChI is InChI=1S/C14H24O2/c1-12(7-8-12)13(2,15)11-4-9-16-14(10-11)5-3-6-14/h11,15H,3-10H2,1-2H3. The number of hydrogen-bond donors (Lipinski definition) is 1. The van der Waals surface area contributed by atoms with E-state index in [9.17, 15) is 5.11 Å². The Balaban J connectivity index is 1.74. The summed E-state index contributed by atoms with van der Waals surface area (Å²) in [7, 11) is 0. The maximum atomic E-state index is 10.8. The Hall–Kier alpha value is -0.0800. The summed E-state index contributed by atoms with van der Waals surface area (Å²) in [5.74, 6) is 0.453. The van der Waals surface area contributed by atoms with Crippen LogP contribution in [0.25, 0.3) is 0 Å². The number of hydrogen-bond acceptors (Lipinski definition) is 2. The van der Waals surface area contributed by atoms with Gasteiger partial charge in [0.15, 0.2) is 0 Å². The van der Waals surface area contributed by atoms with Crippen LogP contribution in [0.3, 0.4) is 0 Å². The van der Waals surface area contributed by atoms with Crippen LogP contribution in [0.4, 0.5) is 0 Å². The molecular formula is C14H24O2. The molecular weight excluding hydrogens is 200 g/mol. The molecule has 2 unspecified atom stereocenters. The number of aliphatic hydroxyl groups is 1. The van der Waals surface area contributed by atoms with Crippen LogP contribution in [0.1, 0.15) is 58.8 Å². The van der Waals surface area contributed by atoms with E-state index in [1.54, 1.807) is 0 Å². The SMILES string of the molecule is CC1(C(C)(O)C2CCOC3(CCC3)C2)CC1. The monoisotopic (exact) mass is 224 g/mol. The van der Waals surface area contributed by atoms with E-state index in [1.807, 2.05) is 0 Å². The van der Waals surface area contributed by atoms with E-state index in [4.69, 9.17) is 4.74 Å². The molecule has 0 amide bonds. The molecule has 1 spiro atoms. The lowest BCUT2D eigenvalue weighted by Crippen LogP contribution is -2.53. The van der Waals surface area contributed by atoms with Crippen molar-refractivity contribution >= 4 is 0 Å². The Labute approximate surface area is 98.4 Å². The minimum atomic E-state index is -0.473. The molecule has 2 nitrogen and oxygen atoms in total. The Morgan fingerprint density at radius 1 is 1.25 bits per heavy atom. The second-order valence-corrected chi connectivity index (χ2v) is 6.78. The van der Waals surface area contributed by atoms with E-state index in [-0.39, 0.29) is 11.0 Å². The third-order valence-electron chi connectivity index (χ3n) is 5.77. The zero-order valence-electron chi connectivity index (χ0n) is 10.6. The zero-order chi connectivity index (χ0) is 11.4. The van der Waals surface area contributed by atoms with Gasteiger partial charge in [0.1, 0.15) is 0 Å². The van der Waals surface area contributed by atoms with Gasteiger partial charge in [-0.3, -0.25) is 0 Å². The molecule has 3 fully saturated rings. The summed E-state index contributed by atoms with van der Waals surface area (Å²) in [6.45, 7) is 5.18. The van der Waals surface area contributed by atoms with Gasteiger partial charge in [-0.1, -0.05) is 6.92 Å². The highest BCUT2D eigenvalue weighted by Crippen LogP contribution is 2.59. The first-order valence-corrected chi connectivity index (χ1v) is 6.84. The fourth-order valence-electron chi connectivity index (χ4n) is 3.61.